The van der Waals surface area contributed by atoms with Gasteiger partial charge >= 0.3 is 11.9 Å². The van der Waals surface area contributed by atoms with Crippen molar-refractivity contribution in [2.45, 2.75) is 71.3 Å². The number of esters is 2. The van der Waals surface area contributed by atoms with Gasteiger partial charge in [-0.1, -0.05) is 45.4 Å². The van der Waals surface area contributed by atoms with Crippen LogP contribution in [0.1, 0.15) is 70.3 Å². The van der Waals surface area contributed by atoms with E-state index in [1.54, 1.807) is 0 Å². The zero-order chi connectivity index (χ0) is 22.4. The number of non-ortho nitro benzene ring substituents is 2. The van der Waals surface area contributed by atoms with E-state index in [1.165, 1.54) is 25.7 Å². The molecule has 0 aliphatic rings. The molecule has 0 unspecified atom stereocenters. The Morgan fingerprint density at radius 3 is 1.83 bits per heavy atom. The summed E-state index contributed by atoms with van der Waals surface area (Å²) < 4.78 is 10.0. The maximum absolute atomic E-state index is 11.8. The average molecular weight is 424 g/mol. The second kappa shape index (κ2) is 14.0. The molecule has 1 aromatic carbocycles. The number of nitro benzene ring substituents is 2. The van der Waals surface area contributed by atoms with Crippen LogP contribution in [0, 0.1) is 20.2 Å². The third-order valence-corrected chi connectivity index (χ3v) is 4.33. The normalized spacial score (nSPS) is 10.4. The smallest absolute Gasteiger partial charge is 0.306 e. The summed E-state index contributed by atoms with van der Waals surface area (Å²) in [5.41, 5.74) is -0.820. The van der Waals surface area contributed by atoms with Crippen molar-refractivity contribution in [2.75, 3.05) is 6.61 Å². The van der Waals surface area contributed by atoms with E-state index in [1.807, 2.05) is 0 Å². The minimum absolute atomic E-state index is 0.116. The highest BCUT2D eigenvalue weighted by molar-refractivity contribution is 5.77. The van der Waals surface area contributed by atoms with Gasteiger partial charge in [-0.3, -0.25) is 29.8 Å². The van der Waals surface area contributed by atoms with Gasteiger partial charge in [0, 0.05) is 17.7 Å². The van der Waals surface area contributed by atoms with Gasteiger partial charge in [-0.15, -0.1) is 0 Å². The minimum Gasteiger partial charge on any atom is -0.466 e. The lowest BCUT2D eigenvalue weighted by atomic mass is 10.1. The van der Waals surface area contributed by atoms with E-state index >= 15 is 0 Å². The van der Waals surface area contributed by atoms with E-state index in [4.69, 9.17) is 9.47 Å². The van der Waals surface area contributed by atoms with Crippen molar-refractivity contribution in [3.63, 3.8) is 0 Å². The number of carbonyl (C=O) groups excluding carboxylic acids is 2. The average Bonchev–Trinajstić information content (AvgIpc) is 2.72. The monoisotopic (exact) mass is 424 g/mol. The Hall–Kier alpha value is -3.04. The molecule has 0 fully saturated rings. The molecule has 0 amide bonds. The fourth-order valence-electron chi connectivity index (χ4n) is 2.71. The molecule has 0 aromatic heterocycles. The summed E-state index contributed by atoms with van der Waals surface area (Å²) in [5.74, 6) is -1.19. The number of benzene rings is 1. The zero-order valence-electron chi connectivity index (χ0n) is 17.2. The first-order valence-electron chi connectivity index (χ1n) is 10.1. The predicted molar refractivity (Wildman–Crippen MR) is 108 cm³/mol. The Labute approximate surface area is 174 Å². The van der Waals surface area contributed by atoms with Crippen LogP contribution in [-0.2, 0) is 25.7 Å². The Morgan fingerprint density at radius 2 is 1.30 bits per heavy atom. The number of ether oxygens (including phenoxy) is 2. The lowest BCUT2D eigenvalue weighted by Gasteiger charge is -2.06. The number of carbonyl (C=O) groups is 2. The number of rotatable bonds is 15. The van der Waals surface area contributed by atoms with Crippen molar-refractivity contribution in [3.05, 3.63) is 44.0 Å². The fraction of sp³-hybridized carbons (Fsp3) is 0.600. The summed E-state index contributed by atoms with van der Waals surface area (Å²) in [6, 6.07) is 3.01. The van der Waals surface area contributed by atoms with E-state index in [2.05, 4.69) is 6.92 Å². The Balaban J connectivity index is 2.28. The van der Waals surface area contributed by atoms with E-state index in [9.17, 15) is 29.8 Å². The summed E-state index contributed by atoms with van der Waals surface area (Å²) >= 11 is 0. The van der Waals surface area contributed by atoms with Gasteiger partial charge in [0.15, 0.2) is 0 Å². The summed E-state index contributed by atoms with van der Waals surface area (Å²) in [7, 11) is 0. The summed E-state index contributed by atoms with van der Waals surface area (Å²) in [6.45, 7) is 2.11. The summed E-state index contributed by atoms with van der Waals surface area (Å²) in [4.78, 5) is 43.6. The van der Waals surface area contributed by atoms with Crippen molar-refractivity contribution < 1.29 is 28.9 Å². The lowest BCUT2D eigenvalue weighted by Crippen LogP contribution is -2.11. The Morgan fingerprint density at radius 1 is 0.800 bits per heavy atom. The van der Waals surface area contributed by atoms with Gasteiger partial charge < -0.3 is 9.47 Å². The maximum Gasteiger partial charge on any atom is 0.306 e. The molecule has 1 rings (SSSR count). The molecule has 0 saturated heterocycles. The highest BCUT2D eigenvalue weighted by Gasteiger charge is 2.17. The van der Waals surface area contributed by atoms with Crippen molar-refractivity contribution in [1.82, 2.24) is 0 Å². The molecule has 0 bridgehead atoms. The first-order chi connectivity index (χ1) is 14.3. The van der Waals surface area contributed by atoms with E-state index in [-0.39, 0.29) is 25.0 Å². The summed E-state index contributed by atoms with van der Waals surface area (Å²) in [5, 5.41) is 21.7. The largest absolute Gasteiger partial charge is 0.466 e. The third-order valence-electron chi connectivity index (χ3n) is 4.33. The van der Waals surface area contributed by atoms with Crippen LogP contribution in [0.2, 0.25) is 0 Å². The molecule has 0 saturated carbocycles. The van der Waals surface area contributed by atoms with Crippen molar-refractivity contribution >= 4 is 23.3 Å². The van der Waals surface area contributed by atoms with E-state index in [0.717, 1.165) is 37.5 Å². The van der Waals surface area contributed by atoms with Gasteiger partial charge in [0.2, 0.25) is 0 Å². The SMILES string of the molecule is CCCCCCCCCOC(=O)CCC(=O)OCc1cc([N+](=O)[O-])cc([N+](=O)[O-])c1. The molecular weight excluding hydrogens is 396 g/mol. The first-order valence-corrected chi connectivity index (χ1v) is 10.1. The number of hydrogen-bond acceptors (Lipinski definition) is 8. The standard InChI is InChI=1S/C20H28N2O8/c1-2-3-4-5-6-7-8-11-29-19(23)9-10-20(24)30-15-16-12-17(21(25)26)14-18(13-16)22(27)28/h12-14H,2-11,15H2,1H3. The van der Waals surface area contributed by atoms with Crippen molar-refractivity contribution in [3.8, 4) is 0 Å². The molecular formula is C20H28N2O8. The molecule has 30 heavy (non-hydrogen) atoms. The van der Waals surface area contributed by atoms with Crippen LogP contribution in [-0.4, -0.2) is 28.4 Å². The van der Waals surface area contributed by atoms with Crippen molar-refractivity contribution in [1.29, 1.82) is 0 Å². The zero-order valence-corrected chi connectivity index (χ0v) is 17.2. The van der Waals surface area contributed by atoms with Gasteiger partial charge in [-0.25, -0.2) is 0 Å². The molecule has 0 aliphatic carbocycles. The molecule has 0 radical (unpaired) electrons. The lowest BCUT2D eigenvalue weighted by molar-refractivity contribution is -0.394. The third kappa shape index (κ3) is 10.5. The molecule has 10 heteroatoms. The number of unbranched alkanes of at least 4 members (excludes halogenated alkanes) is 6. The minimum atomic E-state index is -0.764. The van der Waals surface area contributed by atoms with Crippen LogP contribution < -0.4 is 0 Å². The van der Waals surface area contributed by atoms with Crippen LogP contribution in [0.25, 0.3) is 0 Å². The molecule has 1 aromatic rings. The quantitative estimate of drug-likeness (QED) is 0.172. The van der Waals surface area contributed by atoms with Gasteiger partial charge in [-0.05, 0) is 6.42 Å². The molecule has 0 spiro atoms. The fourth-order valence-corrected chi connectivity index (χ4v) is 2.71. The predicted octanol–water partition coefficient (Wildman–Crippen LogP) is 4.62. The Kier molecular flexibility index (Phi) is 11.7. The topological polar surface area (TPSA) is 139 Å². The molecule has 166 valence electrons. The molecule has 0 N–H and O–H groups in total. The van der Waals surface area contributed by atoms with Crippen molar-refractivity contribution in [2.24, 2.45) is 0 Å². The van der Waals surface area contributed by atoms with Gasteiger partial charge in [-0.2, -0.15) is 0 Å². The number of nitrogens with zero attached hydrogens (tertiary/aromatic N) is 2. The van der Waals surface area contributed by atoms with Crippen LogP contribution in [0.5, 0.6) is 0 Å². The van der Waals surface area contributed by atoms with Crippen LogP contribution in [0.15, 0.2) is 18.2 Å². The van der Waals surface area contributed by atoms with Gasteiger partial charge in [0.1, 0.15) is 6.61 Å². The molecule has 0 heterocycles. The van der Waals surface area contributed by atoms with Crippen LogP contribution >= 0.6 is 0 Å². The Bertz CT molecular complexity index is 703. The molecule has 0 aliphatic heterocycles. The first kappa shape index (κ1) is 25.0. The van der Waals surface area contributed by atoms with Crippen LogP contribution in [0.4, 0.5) is 11.4 Å². The second-order valence-corrected chi connectivity index (χ2v) is 6.87. The van der Waals surface area contributed by atoms with Gasteiger partial charge in [0.05, 0.1) is 35.4 Å². The number of hydrogen-bond donors (Lipinski definition) is 0. The highest BCUT2D eigenvalue weighted by Crippen LogP contribution is 2.23. The molecule has 10 nitrogen and oxygen atoms in total. The highest BCUT2D eigenvalue weighted by atomic mass is 16.6. The maximum atomic E-state index is 11.8. The molecule has 0 atom stereocenters. The van der Waals surface area contributed by atoms with Crippen LogP contribution in [0.3, 0.4) is 0 Å². The second-order valence-electron chi connectivity index (χ2n) is 6.87. The van der Waals surface area contributed by atoms with E-state index < -0.39 is 33.2 Å². The van der Waals surface area contributed by atoms with Gasteiger partial charge in [0.25, 0.3) is 11.4 Å². The summed E-state index contributed by atoms with van der Waals surface area (Å²) in [6.07, 6.45) is 7.40. The van der Waals surface area contributed by atoms with E-state index in [0.29, 0.717) is 6.61 Å². The number of nitro groups is 2.